The highest BCUT2D eigenvalue weighted by atomic mass is 35.5. The fourth-order valence-electron chi connectivity index (χ4n) is 1.60. The van der Waals surface area contributed by atoms with Crippen LogP contribution < -0.4 is 5.32 Å². The fourth-order valence-corrected chi connectivity index (χ4v) is 1.81. The number of amides is 1. The average Bonchev–Trinajstić information content (AvgIpc) is 2.35. The van der Waals surface area contributed by atoms with E-state index in [1.807, 2.05) is 13.8 Å². The van der Waals surface area contributed by atoms with E-state index in [1.165, 1.54) is 12.1 Å². The predicted octanol–water partition coefficient (Wildman–Crippen LogP) is 2.59. The molecule has 0 atom stereocenters. The summed E-state index contributed by atoms with van der Waals surface area (Å²) in [5, 5.41) is 13.2. The van der Waals surface area contributed by atoms with Crippen molar-refractivity contribution in [3.63, 3.8) is 0 Å². The van der Waals surface area contributed by atoms with Crippen molar-refractivity contribution in [2.24, 2.45) is 5.92 Å². The van der Waals surface area contributed by atoms with Crippen molar-refractivity contribution in [1.29, 1.82) is 0 Å². The van der Waals surface area contributed by atoms with Gasteiger partial charge in [0.1, 0.15) is 0 Å². The van der Waals surface area contributed by atoms with Crippen molar-refractivity contribution in [3.05, 3.63) is 38.9 Å². The summed E-state index contributed by atoms with van der Waals surface area (Å²) in [5.41, 5.74) is -0.244. The number of nitrogens with one attached hydrogen (secondary N) is 1. The number of hydrogen-bond donors (Lipinski definition) is 1. The van der Waals surface area contributed by atoms with Crippen LogP contribution in [0.2, 0.25) is 5.02 Å². The second-order valence-electron chi connectivity index (χ2n) is 4.74. The number of benzene rings is 1. The lowest BCUT2D eigenvalue weighted by Crippen LogP contribution is -2.30. The second kappa shape index (κ2) is 7.00. The van der Waals surface area contributed by atoms with Gasteiger partial charge >= 0.3 is 0 Å². The molecule has 1 aromatic rings. The molecule has 7 heteroatoms. The molecule has 0 bridgehead atoms. The number of nitro groups is 1. The maximum Gasteiger partial charge on any atom is 0.270 e. The van der Waals surface area contributed by atoms with Crippen molar-refractivity contribution in [1.82, 2.24) is 5.32 Å². The highest BCUT2D eigenvalue weighted by Gasteiger charge is 2.16. The standard InChI is InChI=1S/C13H15ClN2O4/c1-8(2)5-10(17)7-15-13(18)11-6-9(16(19)20)3-4-12(11)14/h3-4,6,8H,5,7H2,1-2H3,(H,15,18). The van der Waals surface area contributed by atoms with Crippen LogP contribution in [0.3, 0.4) is 0 Å². The first-order valence-corrected chi connectivity index (χ1v) is 6.43. The monoisotopic (exact) mass is 298 g/mol. The lowest BCUT2D eigenvalue weighted by molar-refractivity contribution is -0.384. The highest BCUT2D eigenvalue weighted by molar-refractivity contribution is 6.34. The van der Waals surface area contributed by atoms with Crippen LogP contribution in [0.5, 0.6) is 0 Å². The molecule has 6 nitrogen and oxygen atoms in total. The third-order valence-corrected chi connectivity index (χ3v) is 2.82. The van der Waals surface area contributed by atoms with E-state index in [9.17, 15) is 19.7 Å². The molecule has 0 fully saturated rings. The van der Waals surface area contributed by atoms with E-state index in [0.717, 1.165) is 6.07 Å². The summed E-state index contributed by atoms with van der Waals surface area (Å²) in [4.78, 5) is 33.4. The number of halogens is 1. The quantitative estimate of drug-likeness (QED) is 0.645. The molecule has 0 saturated carbocycles. The number of non-ortho nitro benzene ring substituents is 1. The Morgan fingerprint density at radius 1 is 1.40 bits per heavy atom. The highest BCUT2D eigenvalue weighted by Crippen LogP contribution is 2.21. The Morgan fingerprint density at radius 3 is 2.60 bits per heavy atom. The number of carbonyl (C=O) groups is 2. The summed E-state index contributed by atoms with van der Waals surface area (Å²) in [6, 6.07) is 3.58. The maximum atomic E-state index is 11.9. The molecular weight excluding hydrogens is 284 g/mol. The summed E-state index contributed by atoms with van der Waals surface area (Å²) in [6.45, 7) is 3.68. The van der Waals surface area contributed by atoms with Crippen LogP contribution in [0.1, 0.15) is 30.6 Å². The zero-order chi connectivity index (χ0) is 15.3. The predicted molar refractivity (Wildman–Crippen MR) is 74.9 cm³/mol. The summed E-state index contributed by atoms with van der Waals surface area (Å²) in [7, 11) is 0. The summed E-state index contributed by atoms with van der Waals surface area (Å²) >= 11 is 5.83. The second-order valence-corrected chi connectivity index (χ2v) is 5.15. The molecule has 108 valence electrons. The molecule has 0 unspecified atom stereocenters. The summed E-state index contributed by atoms with van der Waals surface area (Å²) in [6.07, 6.45) is 0.364. The Kier molecular flexibility index (Phi) is 5.64. The van der Waals surface area contributed by atoms with Crippen LogP contribution in [-0.2, 0) is 4.79 Å². The van der Waals surface area contributed by atoms with Crippen molar-refractivity contribution < 1.29 is 14.5 Å². The van der Waals surface area contributed by atoms with Gasteiger partial charge in [-0.15, -0.1) is 0 Å². The van der Waals surface area contributed by atoms with Gasteiger partial charge in [0.15, 0.2) is 5.78 Å². The maximum absolute atomic E-state index is 11.9. The van der Waals surface area contributed by atoms with Crippen LogP contribution in [0, 0.1) is 16.0 Å². The van der Waals surface area contributed by atoms with Gasteiger partial charge in [0.05, 0.1) is 22.1 Å². The molecule has 0 aromatic heterocycles. The largest absolute Gasteiger partial charge is 0.345 e. The Hall–Kier alpha value is -1.95. The molecule has 0 heterocycles. The number of Topliss-reactive ketones (excluding diaryl/α,β-unsaturated/α-hetero) is 1. The Balaban J connectivity index is 2.75. The minimum absolute atomic E-state index is 0.0155. The van der Waals surface area contributed by atoms with Gasteiger partial charge in [0.25, 0.3) is 11.6 Å². The van der Waals surface area contributed by atoms with E-state index in [1.54, 1.807) is 0 Å². The molecule has 0 aliphatic rings. The zero-order valence-corrected chi connectivity index (χ0v) is 11.9. The van der Waals surface area contributed by atoms with E-state index in [4.69, 9.17) is 11.6 Å². The average molecular weight is 299 g/mol. The van der Waals surface area contributed by atoms with Gasteiger partial charge < -0.3 is 5.32 Å². The molecule has 1 N–H and O–H groups in total. The van der Waals surface area contributed by atoms with Crippen molar-refractivity contribution >= 4 is 29.0 Å². The molecular formula is C13H15ClN2O4. The van der Waals surface area contributed by atoms with Crippen molar-refractivity contribution in [3.8, 4) is 0 Å². The van der Waals surface area contributed by atoms with Gasteiger partial charge in [-0.05, 0) is 12.0 Å². The third kappa shape index (κ3) is 4.62. The Labute approximate surface area is 121 Å². The van der Waals surface area contributed by atoms with Crippen molar-refractivity contribution in [2.75, 3.05) is 6.54 Å². The van der Waals surface area contributed by atoms with Gasteiger partial charge in [0, 0.05) is 18.6 Å². The third-order valence-electron chi connectivity index (χ3n) is 2.49. The van der Waals surface area contributed by atoms with Crippen LogP contribution in [0.4, 0.5) is 5.69 Å². The number of nitrogens with zero attached hydrogens (tertiary/aromatic N) is 1. The first-order valence-electron chi connectivity index (χ1n) is 6.05. The lowest BCUT2D eigenvalue weighted by atomic mass is 10.1. The van der Waals surface area contributed by atoms with Gasteiger partial charge in [-0.25, -0.2) is 0 Å². The van der Waals surface area contributed by atoms with Gasteiger partial charge in [-0.2, -0.15) is 0 Å². The molecule has 0 aliphatic carbocycles. The Morgan fingerprint density at radius 2 is 2.05 bits per heavy atom. The van der Waals surface area contributed by atoms with Gasteiger partial charge in [-0.1, -0.05) is 25.4 Å². The van der Waals surface area contributed by atoms with E-state index >= 15 is 0 Å². The molecule has 0 aliphatic heterocycles. The van der Waals surface area contributed by atoms with E-state index in [2.05, 4.69) is 5.32 Å². The molecule has 20 heavy (non-hydrogen) atoms. The molecule has 0 spiro atoms. The number of carbonyl (C=O) groups excluding carboxylic acids is 2. The topological polar surface area (TPSA) is 89.3 Å². The number of nitro benzene ring substituents is 1. The zero-order valence-electron chi connectivity index (χ0n) is 11.2. The number of rotatable bonds is 6. The summed E-state index contributed by atoms with van der Waals surface area (Å²) in [5.74, 6) is -0.494. The van der Waals surface area contributed by atoms with E-state index < -0.39 is 10.8 Å². The normalized spacial score (nSPS) is 10.4. The molecule has 0 radical (unpaired) electrons. The smallest absolute Gasteiger partial charge is 0.270 e. The van der Waals surface area contributed by atoms with Crippen LogP contribution in [-0.4, -0.2) is 23.2 Å². The molecule has 1 amide bonds. The summed E-state index contributed by atoms with van der Waals surface area (Å²) < 4.78 is 0. The van der Waals surface area contributed by atoms with Crippen LogP contribution in [0.15, 0.2) is 18.2 Å². The van der Waals surface area contributed by atoms with E-state index in [0.29, 0.717) is 6.42 Å². The first-order chi connectivity index (χ1) is 9.31. The molecule has 1 aromatic carbocycles. The first kappa shape index (κ1) is 16.1. The minimum Gasteiger partial charge on any atom is -0.345 e. The van der Waals surface area contributed by atoms with Crippen LogP contribution >= 0.6 is 11.6 Å². The minimum atomic E-state index is -0.614. The Bertz CT molecular complexity index is 543. The molecule has 1 rings (SSSR count). The SMILES string of the molecule is CC(C)CC(=O)CNC(=O)c1cc([N+](=O)[O-])ccc1Cl. The van der Waals surface area contributed by atoms with Crippen LogP contribution in [0.25, 0.3) is 0 Å². The lowest BCUT2D eigenvalue weighted by Gasteiger charge is -2.07. The van der Waals surface area contributed by atoms with Gasteiger partial charge in [0.2, 0.25) is 0 Å². The van der Waals surface area contributed by atoms with Crippen molar-refractivity contribution in [2.45, 2.75) is 20.3 Å². The number of ketones is 1. The molecule has 0 saturated heterocycles. The fraction of sp³-hybridized carbons (Fsp3) is 0.385. The van der Waals surface area contributed by atoms with Gasteiger partial charge in [-0.3, -0.25) is 19.7 Å². The van der Waals surface area contributed by atoms with E-state index in [-0.39, 0.29) is 34.5 Å². The number of hydrogen-bond acceptors (Lipinski definition) is 4.